The molecule has 0 spiro atoms. The molecule has 0 aliphatic heterocycles. The van der Waals surface area contributed by atoms with Crippen LogP contribution in [0.5, 0.6) is 5.75 Å². The molecular formula is C19H18N6O2S. The van der Waals surface area contributed by atoms with E-state index in [-0.39, 0.29) is 5.56 Å². The number of aromatic nitrogens is 5. The average Bonchev–Trinajstić information content (AvgIpc) is 3.07. The van der Waals surface area contributed by atoms with E-state index in [2.05, 4.69) is 15.2 Å². The Hall–Kier alpha value is -3.33. The first kappa shape index (κ1) is 18.1. The van der Waals surface area contributed by atoms with E-state index in [1.54, 1.807) is 13.3 Å². The van der Waals surface area contributed by atoms with Crippen molar-refractivity contribution >= 4 is 17.4 Å². The largest absolute Gasteiger partial charge is 0.496 e. The number of hydrogen-bond acceptors (Lipinski definition) is 7. The van der Waals surface area contributed by atoms with Crippen LogP contribution < -0.4 is 16.1 Å². The minimum absolute atomic E-state index is 0.117. The molecule has 142 valence electrons. The van der Waals surface area contributed by atoms with Crippen LogP contribution in [0, 0.1) is 6.92 Å². The number of ether oxygens (including phenoxy) is 1. The molecule has 0 aliphatic carbocycles. The fourth-order valence-corrected chi connectivity index (χ4v) is 3.61. The van der Waals surface area contributed by atoms with Crippen LogP contribution >= 0.6 is 11.8 Å². The molecule has 0 saturated carbocycles. The molecule has 0 amide bonds. The Morgan fingerprint density at radius 3 is 2.82 bits per heavy atom. The zero-order chi connectivity index (χ0) is 19.7. The third-order valence-corrected chi connectivity index (χ3v) is 5.20. The van der Waals surface area contributed by atoms with Gasteiger partial charge < -0.3 is 10.6 Å². The number of para-hydroxylation sites is 1. The average molecular weight is 394 g/mol. The summed E-state index contributed by atoms with van der Waals surface area (Å²) in [6.07, 6.45) is 1.78. The van der Waals surface area contributed by atoms with Crippen molar-refractivity contribution in [2.24, 2.45) is 0 Å². The van der Waals surface area contributed by atoms with Crippen LogP contribution in [0.15, 0.2) is 58.6 Å². The maximum Gasteiger partial charge on any atom is 0.258 e. The van der Waals surface area contributed by atoms with Crippen molar-refractivity contribution in [3.8, 4) is 17.1 Å². The second-order valence-corrected chi connectivity index (χ2v) is 7.13. The number of methoxy groups -OCH3 is 1. The molecule has 0 unspecified atom stereocenters. The summed E-state index contributed by atoms with van der Waals surface area (Å²) in [7, 11) is 1.59. The Balaban J connectivity index is 1.60. The molecule has 3 aromatic heterocycles. The lowest BCUT2D eigenvalue weighted by Gasteiger charge is -2.08. The number of nitrogen functional groups attached to an aromatic ring is 1. The highest BCUT2D eigenvalue weighted by molar-refractivity contribution is 7.98. The van der Waals surface area contributed by atoms with Gasteiger partial charge in [0.05, 0.1) is 18.4 Å². The Kier molecular flexibility index (Phi) is 4.74. The van der Waals surface area contributed by atoms with Crippen LogP contribution in [0.1, 0.15) is 11.3 Å². The first-order chi connectivity index (χ1) is 13.6. The van der Waals surface area contributed by atoms with Gasteiger partial charge in [-0.3, -0.25) is 9.20 Å². The predicted molar refractivity (Wildman–Crippen MR) is 108 cm³/mol. The lowest BCUT2D eigenvalue weighted by Crippen LogP contribution is -2.15. The monoisotopic (exact) mass is 394 g/mol. The Morgan fingerprint density at radius 2 is 2.00 bits per heavy atom. The van der Waals surface area contributed by atoms with E-state index in [0.29, 0.717) is 33.8 Å². The van der Waals surface area contributed by atoms with Gasteiger partial charge >= 0.3 is 0 Å². The van der Waals surface area contributed by atoms with E-state index in [4.69, 9.17) is 10.6 Å². The number of rotatable bonds is 5. The number of hydrogen-bond donors (Lipinski definition) is 1. The van der Waals surface area contributed by atoms with Gasteiger partial charge in [0.1, 0.15) is 11.4 Å². The Bertz CT molecular complexity index is 1220. The van der Waals surface area contributed by atoms with Crippen LogP contribution in [-0.2, 0) is 5.75 Å². The van der Waals surface area contributed by atoms with E-state index in [0.717, 1.165) is 11.1 Å². The fraction of sp³-hybridized carbons (Fsp3) is 0.158. The van der Waals surface area contributed by atoms with Gasteiger partial charge in [-0.25, -0.2) is 9.66 Å². The van der Waals surface area contributed by atoms with Crippen LogP contribution in [0.25, 0.3) is 17.0 Å². The van der Waals surface area contributed by atoms with E-state index < -0.39 is 0 Å². The van der Waals surface area contributed by atoms with E-state index >= 15 is 0 Å². The van der Waals surface area contributed by atoms with Crippen molar-refractivity contribution in [1.29, 1.82) is 0 Å². The van der Waals surface area contributed by atoms with Crippen molar-refractivity contribution in [2.75, 3.05) is 13.0 Å². The molecule has 0 fully saturated rings. The predicted octanol–water partition coefficient (Wildman–Crippen LogP) is 2.28. The van der Waals surface area contributed by atoms with Gasteiger partial charge in [-0.15, -0.1) is 10.2 Å². The molecule has 0 saturated heterocycles. The summed E-state index contributed by atoms with van der Waals surface area (Å²) >= 11 is 1.36. The van der Waals surface area contributed by atoms with Crippen LogP contribution in [0.3, 0.4) is 0 Å². The summed E-state index contributed by atoms with van der Waals surface area (Å²) in [5.74, 6) is 7.80. The highest BCUT2D eigenvalue weighted by Crippen LogP contribution is 2.29. The van der Waals surface area contributed by atoms with Crippen molar-refractivity contribution in [2.45, 2.75) is 17.8 Å². The number of aryl methyl sites for hydroxylation is 1. The SMILES string of the molecule is COc1ccccc1-c1nnc(SCc2cc(=O)n3cc(C)ccc3n2)n1N. The molecule has 3 heterocycles. The van der Waals surface area contributed by atoms with Crippen LogP contribution in [-0.4, -0.2) is 31.4 Å². The van der Waals surface area contributed by atoms with Gasteiger partial charge in [-0.05, 0) is 30.7 Å². The summed E-state index contributed by atoms with van der Waals surface area (Å²) in [6, 6.07) is 12.7. The number of pyridine rings is 1. The molecular weight excluding hydrogens is 376 g/mol. The van der Waals surface area contributed by atoms with Gasteiger partial charge in [0.2, 0.25) is 5.16 Å². The molecule has 4 rings (SSSR count). The summed E-state index contributed by atoms with van der Waals surface area (Å²) in [6.45, 7) is 1.93. The summed E-state index contributed by atoms with van der Waals surface area (Å²) < 4.78 is 8.32. The second-order valence-electron chi connectivity index (χ2n) is 6.19. The number of nitrogens with two attached hydrogens (primary N) is 1. The summed E-state index contributed by atoms with van der Waals surface area (Å²) in [5, 5.41) is 8.87. The number of nitrogens with zero attached hydrogens (tertiary/aromatic N) is 5. The molecule has 2 N–H and O–H groups in total. The molecule has 0 aliphatic rings. The molecule has 8 nitrogen and oxygen atoms in total. The fourth-order valence-electron chi connectivity index (χ4n) is 2.86. The highest BCUT2D eigenvalue weighted by Gasteiger charge is 2.16. The van der Waals surface area contributed by atoms with Crippen molar-refractivity contribution in [1.82, 2.24) is 24.3 Å². The summed E-state index contributed by atoms with van der Waals surface area (Å²) in [4.78, 5) is 16.9. The van der Waals surface area contributed by atoms with Gasteiger partial charge in [-0.2, -0.15) is 0 Å². The molecule has 28 heavy (non-hydrogen) atoms. The van der Waals surface area contributed by atoms with Gasteiger partial charge in [0.15, 0.2) is 5.82 Å². The molecule has 0 atom stereocenters. The minimum Gasteiger partial charge on any atom is -0.496 e. The number of thioether (sulfide) groups is 1. The van der Waals surface area contributed by atoms with Gasteiger partial charge in [-0.1, -0.05) is 30.0 Å². The zero-order valence-electron chi connectivity index (χ0n) is 15.4. The molecule has 1 aromatic carbocycles. The second kappa shape index (κ2) is 7.35. The normalized spacial score (nSPS) is 11.1. The van der Waals surface area contributed by atoms with E-state index in [1.807, 2.05) is 43.3 Å². The molecule has 4 aromatic rings. The Morgan fingerprint density at radius 1 is 1.18 bits per heavy atom. The lowest BCUT2D eigenvalue weighted by molar-refractivity contribution is 0.416. The smallest absolute Gasteiger partial charge is 0.258 e. The van der Waals surface area contributed by atoms with Crippen LogP contribution in [0.4, 0.5) is 0 Å². The lowest BCUT2D eigenvalue weighted by atomic mass is 10.2. The van der Waals surface area contributed by atoms with Crippen molar-refractivity contribution < 1.29 is 4.74 Å². The molecule has 0 radical (unpaired) electrons. The van der Waals surface area contributed by atoms with Crippen molar-refractivity contribution in [3.05, 3.63) is 70.3 Å². The standard InChI is InChI=1S/C19H18N6O2S/c1-12-7-8-16-21-13(9-17(26)24(16)10-12)11-28-19-23-22-18(25(19)20)14-5-3-4-6-15(14)27-2/h3-10H,11,20H2,1-2H3. The first-order valence-corrected chi connectivity index (χ1v) is 9.51. The van der Waals surface area contributed by atoms with E-state index in [9.17, 15) is 4.79 Å². The molecule has 0 bridgehead atoms. The van der Waals surface area contributed by atoms with Gasteiger partial charge in [0.25, 0.3) is 5.56 Å². The van der Waals surface area contributed by atoms with Crippen LogP contribution in [0.2, 0.25) is 0 Å². The maximum atomic E-state index is 12.3. The number of fused-ring (bicyclic) bond motifs is 1. The highest BCUT2D eigenvalue weighted by atomic mass is 32.2. The topological polar surface area (TPSA) is 100 Å². The van der Waals surface area contributed by atoms with E-state index in [1.165, 1.54) is 26.9 Å². The third-order valence-electron chi connectivity index (χ3n) is 4.22. The minimum atomic E-state index is -0.117. The maximum absolute atomic E-state index is 12.3. The number of benzene rings is 1. The van der Waals surface area contributed by atoms with Crippen molar-refractivity contribution in [3.63, 3.8) is 0 Å². The quantitative estimate of drug-likeness (QED) is 0.409. The zero-order valence-corrected chi connectivity index (χ0v) is 16.2. The Labute approximate surface area is 165 Å². The summed E-state index contributed by atoms with van der Waals surface area (Å²) in [5.41, 5.74) is 2.90. The van der Waals surface area contributed by atoms with Gasteiger partial charge in [0, 0.05) is 18.0 Å². The third kappa shape index (κ3) is 3.31. The first-order valence-electron chi connectivity index (χ1n) is 8.52. The molecule has 9 heteroatoms.